The van der Waals surface area contributed by atoms with Crippen molar-refractivity contribution >= 4 is 6.03 Å². The van der Waals surface area contributed by atoms with Crippen LogP contribution in [0.25, 0.3) is 0 Å². The fourth-order valence-corrected chi connectivity index (χ4v) is 0.539. The first-order valence-corrected chi connectivity index (χ1v) is 3.01. The van der Waals surface area contributed by atoms with Gasteiger partial charge in [0.15, 0.2) is 0 Å². The van der Waals surface area contributed by atoms with Crippen LogP contribution in [-0.4, -0.2) is 30.2 Å². The van der Waals surface area contributed by atoms with Crippen molar-refractivity contribution in [2.45, 2.75) is 13.1 Å². The highest BCUT2D eigenvalue weighted by atomic mass is 16.2. The molecule has 1 atom stereocenters. The molecule has 0 aromatic heterocycles. The van der Waals surface area contributed by atoms with E-state index >= 15 is 0 Å². The summed E-state index contributed by atoms with van der Waals surface area (Å²) in [5.41, 5.74) is 5.30. The minimum atomic E-state index is -0.238. The zero-order valence-corrected chi connectivity index (χ0v) is 5.42. The van der Waals surface area contributed by atoms with E-state index in [-0.39, 0.29) is 12.2 Å². The lowest BCUT2D eigenvalue weighted by molar-refractivity contribution is 0.226. The lowest BCUT2D eigenvalue weighted by atomic mass is 10.6. The summed E-state index contributed by atoms with van der Waals surface area (Å²) in [4.78, 5) is 12.4. The fourth-order valence-electron chi connectivity index (χ4n) is 0.539. The molecular formula is C5H11N3O. The van der Waals surface area contributed by atoms with E-state index in [1.807, 2.05) is 0 Å². The second kappa shape index (κ2) is 2.23. The third kappa shape index (κ3) is 1.89. The standard InChI is InChI=1S/C5H11N3O/c1-4(6)7-5(9)8-2-3-8/h4H,2-3,6H2,1H3,(H,7,9). The van der Waals surface area contributed by atoms with Crippen molar-refractivity contribution in [1.29, 1.82) is 0 Å². The molecule has 3 N–H and O–H groups in total. The van der Waals surface area contributed by atoms with Gasteiger partial charge in [0, 0.05) is 13.1 Å². The molecule has 4 nitrogen and oxygen atoms in total. The van der Waals surface area contributed by atoms with Crippen LogP contribution in [0.2, 0.25) is 0 Å². The first-order chi connectivity index (χ1) is 4.20. The Balaban J connectivity index is 2.18. The van der Waals surface area contributed by atoms with Crippen molar-refractivity contribution in [3.63, 3.8) is 0 Å². The number of rotatable bonds is 1. The van der Waals surface area contributed by atoms with Gasteiger partial charge in [-0.05, 0) is 6.92 Å². The van der Waals surface area contributed by atoms with Crippen LogP contribution in [0.4, 0.5) is 4.79 Å². The normalized spacial score (nSPS) is 19.1. The maximum absolute atomic E-state index is 10.8. The Kier molecular flexibility index (Phi) is 1.57. The van der Waals surface area contributed by atoms with Gasteiger partial charge in [-0.25, -0.2) is 4.79 Å². The van der Waals surface area contributed by atoms with Gasteiger partial charge in [0.1, 0.15) is 0 Å². The number of hydrogen-bond donors (Lipinski definition) is 2. The van der Waals surface area contributed by atoms with Crippen LogP contribution in [-0.2, 0) is 0 Å². The zero-order valence-electron chi connectivity index (χ0n) is 5.42. The Morgan fingerprint density at radius 2 is 2.33 bits per heavy atom. The molecule has 1 fully saturated rings. The third-order valence-electron chi connectivity index (χ3n) is 1.09. The molecule has 2 amide bonds. The second-order valence-electron chi connectivity index (χ2n) is 2.23. The highest BCUT2D eigenvalue weighted by Gasteiger charge is 2.23. The van der Waals surface area contributed by atoms with E-state index in [2.05, 4.69) is 5.32 Å². The molecule has 0 spiro atoms. The lowest BCUT2D eigenvalue weighted by Crippen LogP contribution is -2.41. The number of nitrogens with zero attached hydrogens (tertiary/aromatic N) is 1. The van der Waals surface area contributed by atoms with Crippen molar-refractivity contribution in [1.82, 2.24) is 10.2 Å². The molecule has 0 bridgehead atoms. The number of carbonyl (C=O) groups excluding carboxylic acids is 1. The molecule has 1 unspecified atom stereocenters. The summed E-state index contributed by atoms with van der Waals surface area (Å²) in [7, 11) is 0. The van der Waals surface area contributed by atoms with Crippen LogP contribution in [0, 0.1) is 0 Å². The lowest BCUT2D eigenvalue weighted by Gasteiger charge is -2.07. The van der Waals surface area contributed by atoms with Gasteiger partial charge in [-0.1, -0.05) is 0 Å². The van der Waals surface area contributed by atoms with Gasteiger partial charge in [-0.2, -0.15) is 0 Å². The average Bonchev–Trinajstić information content (AvgIpc) is 2.40. The van der Waals surface area contributed by atoms with Gasteiger partial charge in [0.2, 0.25) is 0 Å². The number of carbonyl (C=O) groups is 1. The van der Waals surface area contributed by atoms with E-state index in [9.17, 15) is 4.79 Å². The maximum Gasteiger partial charge on any atom is 0.318 e. The highest BCUT2D eigenvalue weighted by molar-refractivity contribution is 5.76. The number of hydrogen-bond acceptors (Lipinski definition) is 2. The summed E-state index contributed by atoms with van der Waals surface area (Å²) in [6, 6.07) is -0.0509. The largest absolute Gasteiger partial charge is 0.323 e. The molecule has 52 valence electrons. The van der Waals surface area contributed by atoms with Crippen LogP contribution in [0.15, 0.2) is 0 Å². The molecule has 1 heterocycles. The minimum Gasteiger partial charge on any atom is -0.323 e. The topological polar surface area (TPSA) is 58.1 Å². The smallest absolute Gasteiger partial charge is 0.318 e. The second-order valence-corrected chi connectivity index (χ2v) is 2.23. The molecule has 1 saturated heterocycles. The van der Waals surface area contributed by atoms with E-state index in [4.69, 9.17) is 5.73 Å². The maximum atomic E-state index is 10.8. The van der Waals surface area contributed by atoms with Gasteiger partial charge in [-0.15, -0.1) is 0 Å². The van der Waals surface area contributed by atoms with Crippen molar-refractivity contribution in [3.8, 4) is 0 Å². The Morgan fingerprint density at radius 1 is 1.78 bits per heavy atom. The number of nitrogens with two attached hydrogens (primary N) is 1. The van der Waals surface area contributed by atoms with Crippen LogP contribution in [0.5, 0.6) is 0 Å². The van der Waals surface area contributed by atoms with Crippen molar-refractivity contribution in [3.05, 3.63) is 0 Å². The molecule has 1 aliphatic rings. The molecule has 1 aliphatic heterocycles. The van der Waals surface area contributed by atoms with E-state index in [0.717, 1.165) is 13.1 Å². The van der Waals surface area contributed by atoms with Gasteiger partial charge in [0.25, 0.3) is 0 Å². The molecule has 0 aromatic carbocycles. The van der Waals surface area contributed by atoms with Crippen molar-refractivity contribution in [2.75, 3.05) is 13.1 Å². The molecule has 0 aliphatic carbocycles. The Bertz CT molecular complexity index is 119. The Morgan fingerprint density at radius 3 is 2.67 bits per heavy atom. The van der Waals surface area contributed by atoms with Crippen LogP contribution in [0.1, 0.15) is 6.92 Å². The highest BCUT2D eigenvalue weighted by Crippen LogP contribution is 2.02. The Labute approximate surface area is 54.0 Å². The molecule has 9 heavy (non-hydrogen) atoms. The van der Waals surface area contributed by atoms with E-state index in [1.165, 1.54) is 0 Å². The Hall–Kier alpha value is -0.770. The van der Waals surface area contributed by atoms with Crippen molar-refractivity contribution in [2.24, 2.45) is 5.73 Å². The van der Waals surface area contributed by atoms with Crippen molar-refractivity contribution < 1.29 is 4.79 Å². The summed E-state index contributed by atoms with van der Waals surface area (Å²) in [6.45, 7) is 3.48. The van der Waals surface area contributed by atoms with Crippen LogP contribution < -0.4 is 11.1 Å². The van der Waals surface area contributed by atoms with Crippen LogP contribution in [0.3, 0.4) is 0 Å². The SMILES string of the molecule is CC(N)NC(=O)N1CC1. The first kappa shape index (κ1) is 6.35. The molecular weight excluding hydrogens is 118 g/mol. The van der Waals surface area contributed by atoms with Gasteiger partial charge < -0.3 is 16.0 Å². The average molecular weight is 129 g/mol. The third-order valence-corrected chi connectivity index (χ3v) is 1.09. The minimum absolute atomic E-state index is 0.0509. The van der Waals surface area contributed by atoms with E-state index in [0.29, 0.717) is 0 Å². The van der Waals surface area contributed by atoms with Gasteiger partial charge >= 0.3 is 6.03 Å². The number of urea groups is 1. The molecule has 0 radical (unpaired) electrons. The monoisotopic (exact) mass is 129 g/mol. The summed E-state index contributed by atoms with van der Waals surface area (Å²) >= 11 is 0. The first-order valence-electron chi connectivity index (χ1n) is 3.01. The summed E-state index contributed by atoms with van der Waals surface area (Å²) in [6.07, 6.45) is -0.238. The molecule has 1 rings (SSSR count). The van der Waals surface area contributed by atoms with Gasteiger partial charge in [0.05, 0.1) is 6.17 Å². The predicted molar refractivity (Wildman–Crippen MR) is 33.8 cm³/mol. The predicted octanol–water partition coefficient (Wildman–Crippen LogP) is -0.684. The van der Waals surface area contributed by atoms with Crippen LogP contribution >= 0.6 is 0 Å². The number of nitrogens with one attached hydrogen (secondary N) is 1. The quantitative estimate of drug-likeness (QED) is 0.364. The fraction of sp³-hybridized carbons (Fsp3) is 0.800. The van der Waals surface area contributed by atoms with E-state index in [1.54, 1.807) is 11.8 Å². The number of amides is 2. The van der Waals surface area contributed by atoms with Gasteiger partial charge in [-0.3, -0.25) is 0 Å². The molecule has 4 heteroatoms. The zero-order chi connectivity index (χ0) is 6.85. The summed E-state index contributed by atoms with van der Waals surface area (Å²) < 4.78 is 0. The summed E-state index contributed by atoms with van der Waals surface area (Å²) in [5.74, 6) is 0. The molecule has 0 saturated carbocycles. The summed E-state index contributed by atoms with van der Waals surface area (Å²) in [5, 5.41) is 2.57. The van der Waals surface area contributed by atoms with E-state index < -0.39 is 0 Å². The molecule has 0 aromatic rings.